The molecule has 0 fully saturated rings. The molecule has 0 spiro atoms. The quantitative estimate of drug-likeness (QED) is 0.555. The second-order valence-electron chi connectivity index (χ2n) is 4.32. The summed E-state index contributed by atoms with van der Waals surface area (Å²) in [6.07, 6.45) is 3.21. The SMILES string of the molecule is Cc1sc(NN=Cc2ccco2)nc1-c1ccc(Cl)cc1. The second kappa shape index (κ2) is 6.11. The lowest BCUT2D eigenvalue weighted by Crippen LogP contribution is -1.89. The fraction of sp³-hybridized carbons (Fsp3) is 0.0667. The lowest BCUT2D eigenvalue weighted by molar-refractivity contribution is 0.560. The highest BCUT2D eigenvalue weighted by Gasteiger charge is 2.09. The van der Waals surface area contributed by atoms with Crippen molar-refractivity contribution < 1.29 is 4.42 Å². The number of aryl methyl sites for hydroxylation is 1. The van der Waals surface area contributed by atoms with Crippen molar-refractivity contribution in [1.29, 1.82) is 0 Å². The van der Waals surface area contributed by atoms with E-state index in [1.165, 1.54) is 0 Å². The number of hydrogen-bond donors (Lipinski definition) is 1. The Balaban J connectivity index is 1.76. The number of nitrogens with one attached hydrogen (secondary N) is 1. The third-order valence-electron chi connectivity index (χ3n) is 2.81. The van der Waals surface area contributed by atoms with Crippen LogP contribution in [0.4, 0.5) is 5.13 Å². The van der Waals surface area contributed by atoms with E-state index in [9.17, 15) is 0 Å². The van der Waals surface area contributed by atoms with Crippen molar-refractivity contribution in [2.75, 3.05) is 5.43 Å². The number of nitrogens with zero attached hydrogens (tertiary/aromatic N) is 2. The summed E-state index contributed by atoms with van der Waals surface area (Å²) in [7, 11) is 0. The zero-order chi connectivity index (χ0) is 14.7. The zero-order valence-electron chi connectivity index (χ0n) is 11.2. The molecule has 3 rings (SSSR count). The predicted molar refractivity (Wildman–Crippen MR) is 87.2 cm³/mol. The first kappa shape index (κ1) is 13.9. The predicted octanol–water partition coefficient (Wildman–Crippen LogP) is 4.81. The molecule has 0 bridgehead atoms. The first-order valence-corrected chi connectivity index (χ1v) is 7.48. The molecule has 0 unspecified atom stereocenters. The number of hydrazone groups is 1. The first-order valence-electron chi connectivity index (χ1n) is 6.28. The Hall–Kier alpha value is -2.11. The number of aromatic nitrogens is 1. The molecule has 1 aromatic carbocycles. The van der Waals surface area contributed by atoms with Crippen molar-refractivity contribution in [3.8, 4) is 11.3 Å². The molecule has 0 radical (unpaired) electrons. The van der Waals surface area contributed by atoms with E-state index in [-0.39, 0.29) is 0 Å². The van der Waals surface area contributed by atoms with Crippen molar-refractivity contribution in [2.24, 2.45) is 5.10 Å². The van der Waals surface area contributed by atoms with Crippen LogP contribution in [0.1, 0.15) is 10.6 Å². The second-order valence-corrected chi connectivity index (χ2v) is 5.96. The van der Waals surface area contributed by atoms with Gasteiger partial charge in [-0.2, -0.15) is 5.10 Å². The Bertz CT molecular complexity index is 748. The van der Waals surface area contributed by atoms with Crippen molar-refractivity contribution >= 4 is 34.3 Å². The highest BCUT2D eigenvalue weighted by molar-refractivity contribution is 7.15. The molecule has 0 aliphatic heterocycles. The van der Waals surface area contributed by atoms with Gasteiger partial charge in [0, 0.05) is 15.5 Å². The van der Waals surface area contributed by atoms with Crippen molar-refractivity contribution in [1.82, 2.24) is 4.98 Å². The monoisotopic (exact) mass is 317 g/mol. The molecule has 1 N–H and O–H groups in total. The van der Waals surface area contributed by atoms with Crippen LogP contribution in [0.25, 0.3) is 11.3 Å². The molecule has 0 aliphatic rings. The Morgan fingerprint density at radius 2 is 2.10 bits per heavy atom. The van der Waals surface area contributed by atoms with Gasteiger partial charge in [0.15, 0.2) is 0 Å². The fourth-order valence-electron chi connectivity index (χ4n) is 1.84. The van der Waals surface area contributed by atoms with Crippen molar-refractivity contribution in [2.45, 2.75) is 6.92 Å². The Labute approximate surface area is 131 Å². The molecule has 21 heavy (non-hydrogen) atoms. The van der Waals surface area contributed by atoms with Crippen LogP contribution in [0.3, 0.4) is 0 Å². The van der Waals surface area contributed by atoms with E-state index in [1.807, 2.05) is 43.3 Å². The maximum atomic E-state index is 5.90. The van der Waals surface area contributed by atoms with Crippen LogP contribution < -0.4 is 5.43 Å². The van der Waals surface area contributed by atoms with Crippen LogP contribution in [0.15, 0.2) is 52.2 Å². The third-order valence-corrected chi connectivity index (χ3v) is 3.94. The molecule has 6 heteroatoms. The highest BCUT2D eigenvalue weighted by atomic mass is 35.5. The summed E-state index contributed by atoms with van der Waals surface area (Å²) in [4.78, 5) is 5.67. The average Bonchev–Trinajstić information content (AvgIpc) is 3.10. The minimum absolute atomic E-state index is 0.689. The summed E-state index contributed by atoms with van der Waals surface area (Å²) in [6, 6.07) is 11.3. The fourth-order valence-corrected chi connectivity index (χ4v) is 2.75. The number of hydrogen-bond acceptors (Lipinski definition) is 5. The minimum Gasteiger partial charge on any atom is -0.463 e. The number of rotatable bonds is 4. The molecule has 0 atom stereocenters. The van der Waals surface area contributed by atoms with E-state index >= 15 is 0 Å². The van der Waals surface area contributed by atoms with E-state index in [4.69, 9.17) is 16.0 Å². The standard InChI is InChI=1S/C15H12ClN3OS/c1-10-14(11-4-6-12(16)7-5-11)18-15(21-10)19-17-9-13-3-2-8-20-13/h2-9H,1H3,(H,18,19). The van der Waals surface area contributed by atoms with E-state index < -0.39 is 0 Å². The number of furan rings is 1. The molecule has 0 saturated heterocycles. The number of anilines is 1. The average molecular weight is 318 g/mol. The molecule has 4 nitrogen and oxygen atoms in total. The zero-order valence-corrected chi connectivity index (χ0v) is 12.8. The highest BCUT2D eigenvalue weighted by Crippen LogP contribution is 2.30. The van der Waals surface area contributed by atoms with Gasteiger partial charge in [-0.3, -0.25) is 5.43 Å². The summed E-state index contributed by atoms with van der Waals surface area (Å²) in [5.41, 5.74) is 4.89. The minimum atomic E-state index is 0.689. The lowest BCUT2D eigenvalue weighted by atomic mass is 10.1. The van der Waals surface area contributed by atoms with Gasteiger partial charge in [-0.15, -0.1) is 11.3 Å². The van der Waals surface area contributed by atoms with E-state index in [0.717, 1.165) is 21.3 Å². The molecular weight excluding hydrogens is 306 g/mol. The van der Waals surface area contributed by atoms with E-state index in [0.29, 0.717) is 10.8 Å². The number of thiazole rings is 1. The van der Waals surface area contributed by atoms with Crippen LogP contribution in [-0.4, -0.2) is 11.2 Å². The van der Waals surface area contributed by atoms with Crippen molar-refractivity contribution in [3.63, 3.8) is 0 Å². The lowest BCUT2D eigenvalue weighted by Gasteiger charge is -1.98. The Kier molecular flexibility index (Phi) is 4.03. The third kappa shape index (κ3) is 3.32. The molecule has 0 saturated carbocycles. The van der Waals surface area contributed by atoms with Crippen LogP contribution in [0, 0.1) is 6.92 Å². The number of benzene rings is 1. The topological polar surface area (TPSA) is 50.4 Å². The molecule has 0 amide bonds. The molecule has 3 aromatic rings. The number of halogens is 1. The van der Waals surface area contributed by atoms with Crippen LogP contribution in [-0.2, 0) is 0 Å². The summed E-state index contributed by atoms with van der Waals surface area (Å²) >= 11 is 7.45. The molecule has 2 heterocycles. The Morgan fingerprint density at radius 1 is 1.29 bits per heavy atom. The molecule has 2 aromatic heterocycles. The van der Waals surface area contributed by atoms with Gasteiger partial charge in [-0.25, -0.2) is 4.98 Å². The summed E-state index contributed by atoms with van der Waals surface area (Å²) in [5.74, 6) is 0.689. The van der Waals surface area contributed by atoms with Gasteiger partial charge in [0.25, 0.3) is 0 Å². The maximum Gasteiger partial charge on any atom is 0.204 e. The van der Waals surface area contributed by atoms with E-state index in [2.05, 4.69) is 15.5 Å². The molecule has 106 valence electrons. The summed E-state index contributed by atoms with van der Waals surface area (Å²) in [5, 5.41) is 5.56. The van der Waals surface area contributed by atoms with Crippen LogP contribution in [0.2, 0.25) is 5.02 Å². The maximum absolute atomic E-state index is 5.90. The smallest absolute Gasteiger partial charge is 0.204 e. The van der Waals surface area contributed by atoms with Gasteiger partial charge in [0.05, 0.1) is 18.2 Å². The van der Waals surface area contributed by atoms with Crippen molar-refractivity contribution in [3.05, 3.63) is 58.3 Å². The van der Waals surface area contributed by atoms with Crippen LogP contribution >= 0.6 is 22.9 Å². The van der Waals surface area contributed by atoms with Gasteiger partial charge >= 0.3 is 0 Å². The first-order chi connectivity index (χ1) is 10.2. The van der Waals surface area contributed by atoms with Gasteiger partial charge in [-0.05, 0) is 31.2 Å². The van der Waals surface area contributed by atoms with Gasteiger partial charge in [-0.1, -0.05) is 23.7 Å². The van der Waals surface area contributed by atoms with Gasteiger partial charge in [0.1, 0.15) is 5.76 Å². The van der Waals surface area contributed by atoms with Crippen LogP contribution in [0.5, 0.6) is 0 Å². The summed E-state index contributed by atoms with van der Waals surface area (Å²) in [6.45, 7) is 2.03. The summed E-state index contributed by atoms with van der Waals surface area (Å²) < 4.78 is 5.16. The molecular formula is C15H12ClN3OS. The Morgan fingerprint density at radius 3 is 2.81 bits per heavy atom. The normalized spacial score (nSPS) is 11.1. The molecule has 0 aliphatic carbocycles. The largest absolute Gasteiger partial charge is 0.463 e. The van der Waals surface area contributed by atoms with Gasteiger partial charge < -0.3 is 4.42 Å². The van der Waals surface area contributed by atoms with Gasteiger partial charge in [0.2, 0.25) is 5.13 Å². The van der Waals surface area contributed by atoms with E-state index in [1.54, 1.807) is 23.8 Å².